The van der Waals surface area contributed by atoms with Crippen molar-refractivity contribution < 1.29 is 9.53 Å². The maximum Gasteiger partial charge on any atom is 0.253 e. The fourth-order valence-electron chi connectivity index (χ4n) is 4.36. The number of fused-ring (bicyclic) bond motifs is 2. The van der Waals surface area contributed by atoms with E-state index in [-0.39, 0.29) is 18.0 Å². The minimum absolute atomic E-state index is 0.111. The number of hydrogen-bond donors (Lipinski definition) is 1. The first-order valence-electron chi connectivity index (χ1n) is 9.54. The van der Waals surface area contributed by atoms with E-state index in [2.05, 4.69) is 34.1 Å². The van der Waals surface area contributed by atoms with E-state index in [0.29, 0.717) is 13.2 Å². The molecule has 1 aromatic heterocycles. The normalized spacial score (nSPS) is 23.3. The molecule has 3 heterocycles. The van der Waals surface area contributed by atoms with E-state index < -0.39 is 0 Å². The lowest BCUT2D eigenvalue weighted by Crippen LogP contribution is -2.60. The summed E-state index contributed by atoms with van der Waals surface area (Å²) in [6.45, 7) is 3.76. The largest absolute Gasteiger partial charge is 0.378 e. The molecule has 0 unspecified atom stereocenters. The Kier molecular flexibility index (Phi) is 4.19. The lowest BCUT2D eigenvalue weighted by atomic mass is 10.00. The number of rotatable bonds is 2. The van der Waals surface area contributed by atoms with E-state index in [9.17, 15) is 4.79 Å². The fraction of sp³-hybridized carbons (Fsp3) is 0.318. The molecular formula is C22H23N3O2. The van der Waals surface area contributed by atoms with Crippen LogP contribution in [0.15, 0.2) is 60.8 Å². The molecule has 1 amide bonds. The van der Waals surface area contributed by atoms with Crippen LogP contribution in [0.25, 0.3) is 10.9 Å². The second-order valence-corrected chi connectivity index (χ2v) is 7.39. The third kappa shape index (κ3) is 3.03. The topological polar surface area (TPSA) is 48.6 Å². The van der Waals surface area contributed by atoms with E-state index in [1.165, 1.54) is 5.56 Å². The molecule has 2 saturated heterocycles. The molecule has 5 heteroatoms. The minimum Gasteiger partial charge on any atom is -0.378 e. The molecule has 0 spiro atoms. The zero-order chi connectivity index (χ0) is 18.2. The van der Waals surface area contributed by atoms with Gasteiger partial charge in [0.15, 0.2) is 0 Å². The van der Waals surface area contributed by atoms with Gasteiger partial charge in [0.1, 0.15) is 0 Å². The van der Waals surface area contributed by atoms with Gasteiger partial charge >= 0.3 is 0 Å². The molecule has 138 valence electrons. The molecule has 2 atom stereocenters. The number of nitrogens with zero attached hydrogens (tertiary/aromatic N) is 2. The molecule has 0 bridgehead atoms. The standard InChI is InChI=1S/C22H23N3O2/c26-22(18-6-7-20-17(12-18)8-9-23-20)24-10-11-25-19(13-24)14-27-15-21(25)16-4-2-1-3-5-16/h1-9,12,19,21,23H,10-11,13-15H2/t19-,21-/m1/s1. The highest BCUT2D eigenvalue weighted by atomic mass is 16.5. The summed E-state index contributed by atoms with van der Waals surface area (Å²) in [4.78, 5) is 20.7. The summed E-state index contributed by atoms with van der Waals surface area (Å²) < 4.78 is 5.90. The number of piperazine rings is 1. The number of aromatic nitrogens is 1. The highest BCUT2D eigenvalue weighted by molar-refractivity contribution is 5.98. The lowest BCUT2D eigenvalue weighted by Gasteiger charge is -2.48. The molecule has 5 rings (SSSR count). The van der Waals surface area contributed by atoms with Crippen LogP contribution in [0, 0.1) is 0 Å². The average molecular weight is 361 g/mol. The zero-order valence-electron chi connectivity index (χ0n) is 15.2. The van der Waals surface area contributed by atoms with Gasteiger partial charge in [0.05, 0.1) is 25.3 Å². The van der Waals surface area contributed by atoms with Crippen LogP contribution >= 0.6 is 0 Å². The number of ether oxygens (including phenoxy) is 1. The fourth-order valence-corrected chi connectivity index (χ4v) is 4.36. The van der Waals surface area contributed by atoms with Gasteiger partial charge in [0.25, 0.3) is 5.91 Å². The number of carbonyl (C=O) groups is 1. The van der Waals surface area contributed by atoms with Crippen LogP contribution in [0.4, 0.5) is 0 Å². The van der Waals surface area contributed by atoms with E-state index in [1.807, 2.05) is 41.4 Å². The van der Waals surface area contributed by atoms with Crippen molar-refractivity contribution in [3.8, 4) is 0 Å². The van der Waals surface area contributed by atoms with E-state index in [0.717, 1.165) is 36.2 Å². The molecule has 1 N–H and O–H groups in total. The van der Waals surface area contributed by atoms with Crippen molar-refractivity contribution in [1.29, 1.82) is 0 Å². The van der Waals surface area contributed by atoms with E-state index in [4.69, 9.17) is 4.74 Å². The van der Waals surface area contributed by atoms with Crippen molar-refractivity contribution in [3.05, 3.63) is 71.9 Å². The summed E-state index contributed by atoms with van der Waals surface area (Å²) >= 11 is 0. The zero-order valence-corrected chi connectivity index (χ0v) is 15.2. The summed E-state index contributed by atoms with van der Waals surface area (Å²) in [5.41, 5.74) is 3.11. The minimum atomic E-state index is 0.111. The average Bonchev–Trinajstić information content (AvgIpc) is 3.21. The van der Waals surface area contributed by atoms with Gasteiger partial charge in [-0.2, -0.15) is 0 Å². The molecule has 0 saturated carbocycles. The van der Waals surface area contributed by atoms with Crippen molar-refractivity contribution in [2.75, 3.05) is 32.8 Å². The number of benzene rings is 2. The van der Waals surface area contributed by atoms with Gasteiger partial charge in [0, 0.05) is 42.3 Å². The maximum atomic E-state index is 13.0. The SMILES string of the molecule is O=C(c1ccc2[nH]ccc2c1)N1CCN2[C@@H](COC[C@@H]2c2ccccc2)C1. The third-order valence-electron chi connectivity index (χ3n) is 5.79. The van der Waals surface area contributed by atoms with Gasteiger partial charge in [0.2, 0.25) is 0 Å². The van der Waals surface area contributed by atoms with Crippen molar-refractivity contribution in [2.24, 2.45) is 0 Å². The molecular weight excluding hydrogens is 338 g/mol. The number of H-pyrrole nitrogens is 1. The van der Waals surface area contributed by atoms with Crippen molar-refractivity contribution >= 4 is 16.8 Å². The number of carbonyl (C=O) groups excluding carboxylic acids is 1. The Bertz CT molecular complexity index is 952. The summed E-state index contributed by atoms with van der Waals surface area (Å²) in [6, 6.07) is 18.9. The van der Waals surface area contributed by atoms with Gasteiger partial charge < -0.3 is 14.6 Å². The van der Waals surface area contributed by atoms with Crippen molar-refractivity contribution in [3.63, 3.8) is 0 Å². The van der Waals surface area contributed by atoms with Gasteiger partial charge in [-0.1, -0.05) is 30.3 Å². The maximum absolute atomic E-state index is 13.0. The Labute approximate surface area is 158 Å². The van der Waals surface area contributed by atoms with Crippen molar-refractivity contribution in [2.45, 2.75) is 12.1 Å². The first kappa shape index (κ1) is 16.5. The highest BCUT2D eigenvalue weighted by Gasteiger charge is 2.37. The van der Waals surface area contributed by atoms with Crippen LogP contribution in [-0.2, 0) is 4.74 Å². The summed E-state index contributed by atoms with van der Waals surface area (Å²) in [6.07, 6.45) is 1.90. The number of hydrogen-bond acceptors (Lipinski definition) is 3. The monoisotopic (exact) mass is 361 g/mol. The van der Waals surface area contributed by atoms with Crippen LogP contribution in [-0.4, -0.2) is 59.6 Å². The predicted octanol–water partition coefficient (Wildman–Crippen LogP) is 3.07. The Morgan fingerprint density at radius 3 is 2.81 bits per heavy atom. The summed E-state index contributed by atoms with van der Waals surface area (Å²) in [5.74, 6) is 0.111. The van der Waals surface area contributed by atoms with Gasteiger partial charge in [-0.3, -0.25) is 9.69 Å². The van der Waals surface area contributed by atoms with Crippen LogP contribution < -0.4 is 0 Å². The predicted molar refractivity (Wildman–Crippen MR) is 105 cm³/mol. The first-order valence-corrected chi connectivity index (χ1v) is 9.54. The van der Waals surface area contributed by atoms with Crippen LogP contribution in [0.2, 0.25) is 0 Å². The molecule has 3 aromatic rings. The highest BCUT2D eigenvalue weighted by Crippen LogP contribution is 2.30. The summed E-state index contributed by atoms with van der Waals surface area (Å²) in [7, 11) is 0. The third-order valence-corrected chi connectivity index (χ3v) is 5.79. The number of nitrogens with one attached hydrogen (secondary N) is 1. The molecule has 0 aliphatic carbocycles. The number of morpholine rings is 1. The Balaban J connectivity index is 1.34. The first-order chi connectivity index (χ1) is 13.3. The number of aromatic amines is 1. The Morgan fingerprint density at radius 2 is 1.93 bits per heavy atom. The van der Waals surface area contributed by atoms with Gasteiger partial charge in [-0.05, 0) is 29.8 Å². The van der Waals surface area contributed by atoms with E-state index in [1.54, 1.807) is 0 Å². The smallest absolute Gasteiger partial charge is 0.253 e. The second-order valence-electron chi connectivity index (χ2n) is 7.39. The van der Waals surface area contributed by atoms with Gasteiger partial charge in [-0.15, -0.1) is 0 Å². The van der Waals surface area contributed by atoms with Crippen LogP contribution in [0.5, 0.6) is 0 Å². The van der Waals surface area contributed by atoms with Crippen LogP contribution in [0.1, 0.15) is 22.0 Å². The Hall–Kier alpha value is -2.63. The lowest BCUT2D eigenvalue weighted by molar-refractivity contribution is -0.0770. The quantitative estimate of drug-likeness (QED) is 0.763. The second kappa shape index (κ2) is 6.83. The molecule has 27 heavy (non-hydrogen) atoms. The molecule has 2 aromatic carbocycles. The molecule has 2 fully saturated rings. The molecule has 2 aliphatic heterocycles. The van der Waals surface area contributed by atoms with E-state index >= 15 is 0 Å². The van der Waals surface area contributed by atoms with Crippen LogP contribution in [0.3, 0.4) is 0 Å². The number of amides is 1. The molecule has 2 aliphatic rings. The van der Waals surface area contributed by atoms with Crippen molar-refractivity contribution in [1.82, 2.24) is 14.8 Å². The Morgan fingerprint density at radius 1 is 1.04 bits per heavy atom. The molecule has 0 radical (unpaired) electrons. The summed E-state index contributed by atoms with van der Waals surface area (Å²) in [5, 5.41) is 1.07. The van der Waals surface area contributed by atoms with Gasteiger partial charge in [-0.25, -0.2) is 0 Å². The molecule has 5 nitrogen and oxygen atoms in total.